The lowest BCUT2D eigenvalue weighted by atomic mass is 9.33. The van der Waals surface area contributed by atoms with Gasteiger partial charge < -0.3 is 14.2 Å². The molecule has 0 saturated heterocycles. The Morgan fingerprint density at radius 3 is 2.15 bits per heavy atom. The van der Waals surface area contributed by atoms with Gasteiger partial charge in [0.1, 0.15) is 12.4 Å². The maximum absolute atomic E-state index is 14.9. The first-order valence-electron chi connectivity index (χ1n) is 19.9. The standard InChI is InChI=1S/C45H62O8/c1-40(2)30(33(46)23-29(38(49)52-9)24-36(48)51-8)15-17-43(5)35(40)16-18-45(7)37(43)34(47)25-31-32-26-42(4,20-19-41(32,3)21-22-44(31,45)6)39(50)53-27-28-13-11-10-12-14-28/h10-14,25,29-30,32,35,37H,15-24,26-27H2,1-9H3/t29-,30-,32+,35+,37-,41-,42+,43+,44-,45-/m1/s1. The molecular weight excluding hydrogens is 668 g/mol. The van der Waals surface area contributed by atoms with Crippen molar-refractivity contribution in [2.24, 2.45) is 62.1 Å². The van der Waals surface area contributed by atoms with Crippen molar-refractivity contribution in [1.82, 2.24) is 0 Å². The van der Waals surface area contributed by atoms with Gasteiger partial charge in [0, 0.05) is 18.3 Å². The lowest BCUT2D eigenvalue weighted by molar-refractivity contribution is -0.195. The quantitative estimate of drug-likeness (QED) is 0.183. The smallest absolute Gasteiger partial charge is 0.312 e. The Bertz CT molecular complexity index is 1680. The topological polar surface area (TPSA) is 113 Å². The number of hydrogen-bond acceptors (Lipinski definition) is 8. The number of fused-ring (bicyclic) bond motifs is 7. The minimum Gasteiger partial charge on any atom is -0.469 e. The van der Waals surface area contributed by atoms with Crippen molar-refractivity contribution in [2.75, 3.05) is 14.2 Å². The third-order valence-corrected chi connectivity index (χ3v) is 16.3. The Labute approximate surface area is 316 Å². The van der Waals surface area contributed by atoms with Crippen molar-refractivity contribution < 1.29 is 38.2 Å². The van der Waals surface area contributed by atoms with Crippen molar-refractivity contribution >= 4 is 29.5 Å². The highest BCUT2D eigenvalue weighted by Crippen LogP contribution is 2.75. The molecule has 290 valence electrons. The number of esters is 3. The number of ketones is 2. The highest BCUT2D eigenvalue weighted by Gasteiger charge is 2.70. The third-order valence-electron chi connectivity index (χ3n) is 16.3. The second-order valence-electron chi connectivity index (χ2n) is 19.4. The molecule has 5 aliphatic carbocycles. The van der Waals surface area contributed by atoms with E-state index in [0.717, 1.165) is 50.5 Å². The molecule has 0 amide bonds. The summed E-state index contributed by atoms with van der Waals surface area (Å²) < 4.78 is 15.7. The summed E-state index contributed by atoms with van der Waals surface area (Å²) in [5.74, 6) is -2.21. The average molecular weight is 731 g/mol. The molecular formula is C45H62O8. The van der Waals surface area contributed by atoms with E-state index >= 15 is 0 Å². The van der Waals surface area contributed by atoms with Crippen LogP contribution in [0.3, 0.4) is 0 Å². The lowest BCUT2D eigenvalue weighted by Gasteiger charge is -2.70. The van der Waals surface area contributed by atoms with E-state index in [2.05, 4.69) is 48.5 Å². The van der Waals surface area contributed by atoms with Gasteiger partial charge in [0.05, 0.1) is 32.0 Å². The van der Waals surface area contributed by atoms with Crippen LogP contribution in [0.2, 0.25) is 0 Å². The number of ether oxygens (including phenoxy) is 3. The number of hydrogen-bond donors (Lipinski definition) is 0. The normalized spacial score (nSPS) is 39.1. The van der Waals surface area contributed by atoms with E-state index in [1.54, 1.807) is 0 Å². The van der Waals surface area contributed by atoms with E-state index < -0.39 is 28.7 Å². The van der Waals surface area contributed by atoms with Crippen molar-refractivity contribution in [2.45, 2.75) is 126 Å². The summed E-state index contributed by atoms with van der Waals surface area (Å²) in [6.45, 7) is 16.2. The maximum Gasteiger partial charge on any atom is 0.312 e. The molecule has 1 aromatic carbocycles. The van der Waals surface area contributed by atoms with Gasteiger partial charge in [0.25, 0.3) is 0 Å². The van der Waals surface area contributed by atoms with Crippen LogP contribution in [0.25, 0.3) is 0 Å². The average Bonchev–Trinajstić information content (AvgIpc) is 3.11. The zero-order valence-electron chi connectivity index (χ0n) is 33.6. The van der Waals surface area contributed by atoms with E-state index in [9.17, 15) is 24.0 Å². The van der Waals surface area contributed by atoms with E-state index in [4.69, 9.17) is 14.2 Å². The molecule has 6 rings (SSSR count). The minimum atomic E-state index is -0.883. The maximum atomic E-state index is 14.9. The molecule has 0 aromatic heterocycles. The molecule has 53 heavy (non-hydrogen) atoms. The Balaban J connectivity index is 1.27. The molecule has 8 nitrogen and oxygen atoms in total. The highest BCUT2D eigenvalue weighted by atomic mass is 16.5. The molecule has 1 aromatic rings. The Morgan fingerprint density at radius 1 is 0.811 bits per heavy atom. The van der Waals surface area contributed by atoms with E-state index in [1.165, 1.54) is 19.8 Å². The molecule has 0 N–H and O–H groups in total. The van der Waals surface area contributed by atoms with Gasteiger partial charge in [-0.2, -0.15) is 0 Å². The predicted molar refractivity (Wildman–Crippen MR) is 201 cm³/mol. The zero-order chi connectivity index (χ0) is 38.8. The molecule has 0 radical (unpaired) electrons. The van der Waals surface area contributed by atoms with Gasteiger partial charge in [-0.1, -0.05) is 77.4 Å². The van der Waals surface area contributed by atoms with Gasteiger partial charge in [-0.15, -0.1) is 0 Å². The number of carbonyl (C=O) groups is 5. The summed E-state index contributed by atoms with van der Waals surface area (Å²) >= 11 is 0. The fraction of sp³-hybridized carbons (Fsp3) is 0.711. The molecule has 4 fully saturated rings. The molecule has 10 atom stereocenters. The van der Waals surface area contributed by atoms with Crippen molar-refractivity contribution in [3.8, 4) is 0 Å². The molecule has 0 spiro atoms. The number of allylic oxidation sites excluding steroid dienone is 2. The first-order valence-corrected chi connectivity index (χ1v) is 19.9. The number of methoxy groups -OCH3 is 2. The van der Waals surface area contributed by atoms with Crippen LogP contribution in [0.1, 0.15) is 125 Å². The van der Waals surface area contributed by atoms with Crippen LogP contribution in [0, 0.1) is 62.1 Å². The Kier molecular flexibility index (Phi) is 10.2. The second-order valence-corrected chi connectivity index (χ2v) is 19.4. The van der Waals surface area contributed by atoms with Crippen molar-refractivity contribution in [1.29, 1.82) is 0 Å². The van der Waals surface area contributed by atoms with Gasteiger partial charge >= 0.3 is 17.9 Å². The summed E-state index contributed by atoms with van der Waals surface area (Å²) in [6, 6.07) is 9.82. The summed E-state index contributed by atoms with van der Waals surface area (Å²) in [7, 11) is 2.54. The van der Waals surface area contributed by atoms with Crippen molar-refractivity contribution in [3.63, 3.8) is 0 Å². The van der Waals surface area contributed by atoms with E-state index in [-0.39, 0.29) is 82.3 Å². The summed E-state index contributed by atoms with van der Waals surface area (Å²) in [6.07, 6.45) is 9.40. The van der Waals surface area contributed by atoms with Gasteiger partial charge in [0.2, 0.25) is 0 Å². The van der Waals surface area contributed by atoms with Gasteiger partial charge in [-0.3, -0.25) is 24.0 Å². The number of Topliss-reactive ketones (excluding diaryl/α,β-unsaturated/α-hetero) is 1. The first-order chi connectivity index (χ1) is 24.8. The predicted octanol–water partition coefficient (Wildman–Crippen LogP) is 8.64. The van der Waals surface area contributed by atoms with Crippen LogP contribution in [-0.4, -0.2) is 43.7 Å². The lowest BCUT2D eigenvalue weighted by Crippen LogP contribution is -2.66. The molecule has 0 aliphatic heterocycles. The van der Waals surface area contributed by atoms with E-state index in [1.807, 2.05) is 36.4 Å². The Morgan fingerprint density at radius 2 is 1.49 bits per heavy atom. The summed E-state index contributed by atoms with van der Waals surface area (Å²) in [5.41, 5.74) is 0.420. The van der Waals surface area contributed by atoms with Crippen LogP contribution in [0.4, 0.5) is 0 Å². The minimum absolute atomic E-state index is 0.0193. The molecule has 0 heterocycles. The molecule has 8 heteroatoms. The number of carbonyl (C=O) groups excluding carboxylic acids is 5. The molecule has 4 saturated carbocycles. The van der Waals surface area contributed by atoms with Gasteiger partial charge in [-0.25, -0.2) is 0 Å². The SMILES string of the molecule is COC(=O)C[C@@H](CC(=O)[C@H]1CC[C@]2(C)[C@H]3C(=O)C=C4[C@@H]5C[C@@](C)(C(=O)OCc6ccccc6)CC[C@]5(C)CC[C@@]4(C)[C@]3(C)CC[C@H]2C1(C)C)C(=O)OC. The van der Waals surface area contributed by atoms with Gasteiger partial charge in [-0.05, 0) is 115 Å². The third kappa shape index (κ3) is 6.32. The van der Waals surface area contributed by atoms with Crippen LogP contribution in [0.5, 0.6) is 0 Å². The van der Waals surface area contributed by atoms with Crippen LogP contribution in [-0.2, 0) is 44.8 Å². The fourth-order valence-electron chi connectivity index (χ4n) is 12.9. The van der Waals surface area contributed by atoms with Crippen molar-refractivity contribution in [3.05, 3.63) is 47.5 Å². The monoisotopic (exact) mass is 730 g/mol. The summed E-state index contributed by atoms with van der Waals surface area (Å²) in [5, 5.41) is 0. The second kappa shape index (κ2) is 13.8. The highest BCUT2D eigenvalue weighted by molar-refractivity contribution is 5.96. The molecule has 5 aliphatic rings. The number of benzene rings is 1. The molecule has 0 unspecified atom stereocenters. The Hall–Kier alpha value is -3.29. The number of rotatable bonds is 9. The van der Waals surface area contributed by atoms with Gasteiger partial charge in [0.15, 0.2) is 5.78 Å². The van der Waals surface area contributed by atoms with E-state index in [0.29, 0.717) is 12.8 Å². The fourth-order valence-corrected chi connectivity index (χ4v) is 12.9. The first kappa shape index (κ1) is 39.4. The van der Waals surface area contributed by atoms with Crippen LogP contribution < -0.4 is 0 Å². The van der Waals surface area contributed by atoms with Crippen LogP contribution in [0.15, 0.2) is 42.0 Å². The summed E-state index contributed by atoms with van der Waals surface area (Å²) in [4.78, 5) is 67.5. The van der Waals surface area contributed by atoms with Crippen LogP contribution >= 0.6 is 0 Å². The largest absolute Gasteiger partial charge is 0.469 e. The zero-order valence-corrected chi connectivity index (χ0v) is 33.6. The molecule has 0 bridgehead atoms.